The van der Waals surface area contributed by atoms with E-state index in [1.165, 1.54) is 25.9 Å². The van der Waals surface area contributed by atoms with Crippen LogP contribution in [0.15, 0.2) is 12.3 Å². The molecule has 4 nitrogen and oxygen atoms in total. The van der Waals surface area contributed by atoms with Gasteiger partial charge in [0.2, 0.25) is 0 Å². The highest BCUT2D eigenvalue weighted by atomic mass is 16.6. The van der Waals surface area contributed by atoms with Crippen LogP contribution in [0.4, 0.5) is 4.79 Å². The normalized spacial score (nSPS) is 26.1. The molecule has 4 heteroatoms. The van der Waals surface area contributed by atoms with Gasteiger partial charge in [-0.15, -0.1) is 0 Å². The van der Waals surface area contributed by atoms with Crippen LogP contribution in [0.1, 0.15) is 26.2 Å². The monoisotopic (exact) mass is 224 g/mol. The Balaban J connectivity index is 1.86. The number of carbonyl (C=O) groups excluding carboxylic acids is 1. The van der Waals surface area contributed by atoms with E-state index < -0.39 is 0 Å². The summed E-state index contributed by atoms with van der Waals surface area (Å²) in [6.45, 7) is 5.46. The second kappa shape index (κ2) is 5.34. The van der Waals surface area contributed by atoms with Crippen molar-refractivity contribution in [2.45, 2.75) is 32.2 Å². The van der Waals surface area contributed by atoms with Gasteiger partial charge in [0, 0.05) is 18.8 Å². The fourth-order valence-electron chi connectivity index (χ4n) is 2.38. The molecule has 2 aliphatic heterocycles. The number of carbonyl (C=O) groups is 1. The molecule has 0 N–H and O–H groups in total. The van der Waals surface area contributed by atoms with Crippen molar-refractivity contribution in [1.29, 1.82) is 0 Å². The molecule has 16 heavy (non-hydrogen) atoms. The van der Waals surface area contributed by atoms with Crippen LogP contribution in [0.2, 0.25) is 0 Å². The van der Waals surface area contributed by atoms with Gasteiger partial charge < -0.3 is 4.74 Å². The molecule has 0 spiro atoms. The molecular weight excluding hydrogens is 204 g/mol. The van der Waals surface area contributed by atoms with Crippen molar-refractivity contribution >= 4 is 6.09 Å². The van der Waals surface area contributed by atoms with Crippen molar-refractivity contribution < 1.29 is 9.53 Å². The molecule has 2 heterocycles. The Morgan fingerprint density at radius 1 is 1.38 bits per heavy atom. The quantitative estimate of drug-likeness (QED) is 0.717. The van der Waals surface area contributed by atoms with Crippen LogP contribution in [0.5, 0.6) is 0 Å². The first-order chi connectivity index (χ1) is 7.81. The lowest BCUT2D eigenvalue weighted by Crippen LogP contribution is -2.39. The SMILES string of the molecule is CCOC(=O)N1C=CC(N2CCCC2)CC1. The average molecular weight is 224 g/mol. The Bertz CT molecular complexity index is 272. The highest BCUT2D eigenvalue weighted by Gasteiger charge is 2.24. The Morgan fingerprint density at radius 3 is 2.69 bits per heavy atom. The predicted octanol–water partition coefficient (Wildman–Crippen LogP) is 1.83. The number of rotatable bonds is 2. The molecule has 0 bridgehead atoms. The summed E-state index contributed by atoms with van der Waals surface area (Å²) in [7, 11) is 0. The van der Waals surface area contributed by atoms with E-state index in [0.29, 0.717) is 12.6 Å². The van der Waals surface area contributed by atoms with Gasteiger partial charge in [0.15, 0.2) is 0 Å². The van der Waals surface area contributed by atoms with E-state index in [2.05, 4.69) is 11.0 Å². The lowest BCUT2D eigenvalue weighted by molar-refractivity contribution is 0.116. The second-order valence-corrected chi connectivity index (χ2v) is 4.33. The van der Waals surface area contributed by atoms with E-state index in [1.54, 1.807) is 4.90 Å². The van der Waals surface area contributed by atoms with Crippen molar-refractivity contribution in [3.63, 3.8) is 0 Å². The average Bonchev–Trinajstić information content (AvgIpc) is 2.83. The topological polar surface area (TPSA) is 32.8 Å². The van der Waals surface area contributed by atoms with E-state index in [4.69, 9.17) is 4.74 Å². The van der Waals surface area contributed by atoms with Gasteiger partial charge in [-0.1, -0.05) is 6.08 Å². The molecule has 1 atom stereocenters. The third-order valence-electron chi connectivity index (χ3n) is 3.27. The highest BCUT2D eigenvalue weighted by molar-refractivity contribution is 5.69. The number of amides is 1. The molecular formula is C12H20N2O2. The van der Waals surface area contributed by atoms with Gasteiger partial charge in [-0.05, 0) is 39.3 Å². The maximum atomic E-state index is 11.5. The van der Waals surface area contributed by atoms with Crippen LogP contribution in [0.3, 0.4) is 0 Å². The second-order valence-electron chi connectivity index (χ2n) is 4.33. The van der Waals surface area contributed by atoms with Crippen molar-refractivity contribution in [1.82, 2.24) is 9.80 Å². The zero-order valence-electron chi connectivity index (χ0n) is 9.89. The van der Waals surface area contributed by atoms with Crippen molar-refractivity contribution in [3.05, 3.63) is 12.3 Å². The van der Waals surface area contributed by atoms with Crippen LogP contribution >= 0.6 is 0 Å². The summed E-state index contributed by atoms with van der Waals surface area (Å²) >= 11 is 0. The Labute approximate surface area is 96.8 Å². The molecule has 1 saturated heterocycles. The summed E-state index contributed by atoms with van der Waals surface area (Å²) in [6.07, 6.45) is 7.43. The number of hydrogen-bond donors (Lipinski definition) is 0. The standard InChI is InChI=1S/C12H20N2O2/c1-2-16-12(15)14-9-5-11(6-10-14)13-7-3-4-8-13/h5,9,11H,2-4,6-8,10H2,1H3. The number of nitrogens with zero attached hydrogens (tertiary/aromatic N) is 2. The third kappa shape index (κ3) is 2.55. The van der Waals surface area contributed by atoms with E-state index >= 15 is 0 Å². The molecule has 0 saturated carbocycles. The summed E-state index contributed by atoms with van der Waals surface area (Å²) < 4.78 is 4.96. The zero-order chi connectivity index (χ0) is 11.4. The third-order valence-corrected chi connectivity index (χ3v) is 3.27. The molecule has 0 aromatic heterocycles. The summed E-state index contributed by atoms with van der Waals surface area (Å²) in [4.78, 5) is 15.6. The van der Waals surface area contributed by atoms with E-state index in [0.717, 1.165) is 13.0 Å². The van der Waals surface area contributed by atoms with Gasteiger partial charge in [-0.2, -0.15) is 0 Å². The molecule has 0 radical (unpaired) electrons. The summed E-state index contributed by atoms with van der Waals surface area (Å²) in [5, 5.41) is 0. The van der Waals surface area contributed by atoms with Crippen molar-refractivity contribution in [2.75, 3.05) is 26.2 Å². The first-order valence-electron chi connectivity index (χ1n) is 6.17. The molecule has 2 aliphatic rings. The largest absolute Gasteiger partial charge is 0.449 e. The minimum atomic E-state index is -0.223. The lowest BCUT2D eigenvalue weighted by atomic mass is 10.1. The first kappa shape index (κ1) is 11.5. The number of likely N-dealkylation sites (tertiary alicyclic amines) is 1. The van der Waals surface area contributed by atoms with Crippen molar-refractivity contribution in [2.24, 2.45) is 0 Å². The fourth-order valence-corrected chi connectivity index (χ4v) is 2.38. The molecule has 1 unspecified atom stereocenters. The minimum Gasteiger partial charge on any atom is -0.449 e. The molecule has 1 amide bonds. The minimum absolute atomic E-state index is 0.223. The molecule has 0 aromatic rings. The Hall–Kier alpha value is -1.03. The zero-order valence-corrected chi connectivity index (χ0v) is 9.89. The van der Waals surface area contributed by atoms with E-state index in [9.17, 15) is 4.79 Å². The van der Waals surface area contributed by atoms with Crippen LogP contribution in [-0.2, 0) is 4.74 Å². The smallest absolute Gasteiger partial charge is 0.413 e. The van der Waals surface area contributed by atoms with E-state index in [-0.39, 0.29) is 6.09 Å². The summed E-state index contributed by atoms with van der Waals surface area (Å²) in [5.74, 6) is 0. The van der Waals surface area contributed by atoms with Gasteiger partial charge in [-0.3, -0.25) is 9.80 Å². The lowest BCUT2D eigenvalue weighted by Gasteiger charge is -2.31. The van der Waals surface area contributed by atoms with Crippen LogP contribution in [-0.4, -0.2) is 48.2 Å². The van der Waals surface area contributed by atoms with Gasteiger partial charge >= 0.3 is 6.09 Å². The number of ether oxygens (including phenoxy) is 1. The van der Waals surface area contributed by atoms with Gasteiger partial charge in [0.25, 0.3) is 0 Å². The van der Waals surface area contributed by atoms with Gasteiger partial charge in [-0.25, -0.2) is 4.79 Å². The molecule has 90 valence electrons. The highest BCUT2D eigenvalue weighted by Crippen LogP contribution is 2.19. The molecule has 0 aromatic carbocycles. The molecule has 1 fully saturated rings. The van der Waals surface area contributed by atoms with Gasteiger partial charge in [0.05, 0.1) is 6.61 Å². The Morgan fingerprint density at radius 2 is 2.12 bits per heavy atom. The fraction of sp³-hybridized carbons (Fsp3) is 0.750. The van der Waals surface area contributed by atoms with Crippen molar-refractivity contribution in [3.8, 4) is 0 Å². The maximum Gasteiger partial charge on any atom is 0.413 e. The van der Waals surface area contributed by atoms with E-state index in [1.807, 2.05) is 13.1 Å². The summed E-state index contributed by atoms with van der Waals surface area (Å²) in [6, 6.07) is 0.521. The maximum absolute atomic E-state index is 11.5. The van der Waals surface area contributed by atoms with Crippen LogP contribution < -0.4 is 0 Å². The summed E-state index contributed by atoms with van der Waals surface area (Å²) in [5.41, 5.74) is 0. The molecule has 0 aliphatic carbocycles. The molecule has 2 rings (SSSR count). The van der Waals surface area contributed by atoms with Crippen LogP contribution in [0, 0.1) is 0 Å². The Kier molecular flexibility index (Phi) is 3.83. The van der Waals surface area contributed by atoms with Gasteiger partial charge in [0.1, 0.15) is 0 Å². The number of hydrogen-bond acceptors (Lipinski definition) is 3. The predicted molar refractivity (Wildman–Crippen MR) is 62.1 cm³/mol. The first-order valence-corrected chi connectivity index (χ1v) is 6.17. The van der Waals surface area contributed by atoms with Crippen LogP contribution in [0.25, 0.3) is 0 Å².